The number of fused-ring (bicyclic) bond motifs is 1. The fourth-order valence-corrected chi connectivity index (χ4v) is 3.09. The van der Waals surface area contributed by atoms with Crippen molar-refractivity contribution >= 4 is 18.4 Å². The minimum atomic E-state index is -0.918. The molecule has 0 atom stereocenters. The van der Waals surface area contributed by atoms with Crippen LogP contribution in [0.5, 0.6) is 0 Å². The number of hydrogen-bond acceptors (Lipinski definition) is 3. The van der Waals surface area contributed by atoms with E-state index in [4.69, 9.17) is 4.65 Å². The Labute approximate surface area is 137 Å². The van der Waals surface area contributed by atoms with Gasteiger partial charge in [-0.2, -0.15) is 0 Å². The highest BCUT2D eigenvalue weighted by Crippen LogP contribution is 2.30. The normalized spacial score (nSPS) is 15.6. The first kappa shape index (κ1) is 16.0. The second kappa shape index (κ2) is 5.95. The molecule has 23 heavy (non-hydrogen) atoms. The molecular formula is C19H21BO3. The Balaban J connectivity index is 1.81. The SMILES string of the molecule is CCc1ccc(C(=O)Cc2ccc3c(c2)B(O)OC3(C)C)cc1. The molecule has 0 aliphatic carbocycles. The lowest BCUT2D eigenvalue weighted by molar-refractivity contribution is 0.0991. The highest BCUT2D eigenvalue weighted by molar-refractivity contribution is 6.62. The lowest BCUT2D eigenvalue weighted by atomic mass is 9.77. The van der Waals surface area contributed by atoms with Gasteiger partial charge in [0.15, 0.2) is 5.78 Å². The van der Waals surface area contributed by atoms with E-state index < -0.39 is 12.7 Å². The number of Topliss-reactive ketones (excluding diaryl/α,β-unsaturated/α-hetero) is 1. The lowest BCUT2D eigenvalue weighted by Crippen LogP contribution is -2.29. The molecule has 1 aliphatic heterocycles. The fraction of sp³-hybridized carbons (Fsp3) is 0.316. The van der Waals surface area contributed by atoms with Crippen LogP contribution in [-0.4, -0.2) is 17.9 Å². The third-order valence-electron chi connectivity index (χ3n) is 4.49. The van der Waals surface area contributed by atoms with Gasteiger partial charge in [-0.25, -0.2) is 0 Å². The van der Waals surface area contributed by atoms with Crippen molar-refractivity contribution in [3.8, 4) is 0 Å². The second-order valence-corrected chi connectivity index (χ2v) is 6.55. The number of aryl methyl sites for hydroxylation is 1. The van der Waals surface area contributed by atoms with Gasteiger partial charge in [-0.3, -0.25) is 4.79 Å². The van der Waals surface area contributed by atoms with Gasteiger partial charge in [0.05, 0.1) is 5.60 Å². The molecule has 1 heterocycles. The van der Waals surface area contributed by atoms with E-state index in [2.05, 4.69) is 6.92 Å². The fourth-order valence-electron chi connectivity index (χ4n) is 3.09. The van der Waals surface area contributed by atoms with Gasteiger partial charge in [-0.15, -0.1) is 0 Å². The van der Waals surface area contributed by atoms with Crippen molar-refractivity contribution in [1.82, 2.24) is 0 Å². The van der Waals surface area contributed by atoms with E-state index in [1.807, 2.05) is 56.3 Å². The summed E-state index contributed by atoms with van der Waals surface area (Å²) in [6.45, 7) is 5.96. The third-order valence-corrected chi connectivity index (χ3v) is 4.49. The summed E-state index contributed by atoms with van der Waals surface area (Å²) in [6, 6.07) is 13.5. The summed E-state index contributed by atoms with van der Waals surface area (Å²) >= 11 is 0. The van der Waals surface area contributed by atoms with E-state index in [9.17, 15) is 9.82 Å². The predicted molar refractivity (Wildman–Crippen MR) is 92.0 cm³/mol. The number of rotatable bonds is 4. The monoisotopic (exact) mass is 308 g/mol. The van der Waals surface area contributed by atoms with Crippen molar-refractivity contribution in [3.63, 3.8) is 0 Å². The molecule has 1 aliphatic rings. The molecule has 0 unspecified atom stereocenters. The minimum Gasteiger partial charge on any atom is -0.423 e. The first-order valence-electron chi connectivity index (χ1n) is 8.02. The first-order valence-corrected chi connectivity index (χ1v) is 8.02. The van der Waals surface area contributed by atoms with Gasteiger partial charge < -0.3 is 9.68 Å². The molecule has 0 fully saturated rings. The van der Waals surface area contributed by atoms with E-state index in [-0.39, 0.29) is 5.78 Å². The Kier molecular flexibility index (Phi) is 4.13. The predicted octanol–water partition coefficient (Wildman–Crippen LogP) is 2.63. The van der Waals surface area contributed by atoms with E-state index in [0.29, 0.717) is 6.42 Å². The van der Waals surface area contributed by atoms with Crippen LogP contribution in [0.3, 0.4) is 0 Å². The summed E-state index contributed by atoms with van der Waals surface area (Å²) in [7, 11) is -0.918. The quantitative estimate of drug-likeness (QED) is 0.698. The summed E-state index contributed by atoms with van der Waals surface area (Å²) in [5.41, 5.74) is 4.10. The largest absolute Gasteiger partial charge is 0.492 e. The molecule has 0 bridgehead atoms. The molecule has 0 saturated carbocycles. The van der Waals surface area contributed by atoms with E-state index in [1.165, 1.54) is 5.56 Å². The van der Waals surface area contributed by atoms with Gasteiger partial charge in [0, 0.05) is 12.0 Å². The molecule has 1 N–H and O–H groups in total. The number of carbonyl (C=O) groups excluding carboxylic acids is 1. The van der Waals surface area contributed by atoms with Crippen molar-refractivity contribution in [1.29, 1.82) is 0 Å². The molecule has 0 amide bonds. The van der Waals surface area contributed by atoms with Crippen LogP contribution in [0.25, 0.3) is 0 Å². The smallest absolute Gasteiger partial charge is 0.423 e. The van der Waals surface area contributed by atoms with Crippen LogP contribution in [0.4, 0.5) is 0 Å². The summed E-state index contributed by atoms with van der Waals surface area (Å²) in [5, 5.41) is 10.0. The van der Waals surface area contributed by atoms with Crippen molar-refractivity contribution in [3.05, 3.63) is 64.7 Å². The average molecular weight is 308 g/mol. The molecule has 0 saturated heterocycles. The molecule has 2 aromatic rings. The number of carbonyl (C=O) groups is 1. The minimum absolute atomic E-state index is 0.0836. The van der Waals surface area contributed by atoms with Gasteiger partial charge in [-0.1, -0.05) is 49.4 Å². The van der Waals surface area contributed by atoms with Gasteiger partial charge >= 0.3 is 7.12 Å². The standard InChI is InChI=1S/C19H21BO3/c1-4-13-5-8-15(9-6-13)18(21)12-14-7-10-16-17(11-14)20(22)23-19(16,2)3/h5-11,22H,4,12H2,1-3H3. The molecule has 3 nitrogen and oxygen atoms in total. The third kappa shape index (κ3) is 3.10. The van der Waals surface area contributed by atoms with Crippen LogP contribution in [0.2, 0.25) is 0 Å². The van der Waals surface area contributed by atoms with Crippen LogP contribution >= 0.6 is 0 Å². The zero-order chi connectivity index (χ0) is 16.6. The van der Waals surface area contributed by atoms with Gasteiger partial charge in [0.2, 0.25) is 0 Å². The van der Waals surface area contributed by atoms with E-state index >= 15 is 0 Å². The van der Waals surface area contributed by atoms with E-state index in [1.54, 1.807) is 0 Å². The summed E-state index contributed by atoms with van der Waals surface area (Å²) < 4.78 is 5.56. The maximum absolute atomic E-state index is 12.4. The molecule has 4 heteroatoms. The average Bonchev–Trinajstić information content (AvgIpc) is 2.76. The molecule has 3 rings (SSSR count). The molecule has 0 aromatic heterocycles. The van der Waals surface area contributed by atoms with E-state index in [0.717, 1.165) is 28.6 Å². The number of benzene rings is 2. The Morgan fingerprint density at radius 1 is 1.13 bits per heavy atom. The van der Waals surface area contributed by atoms with Crippen molar-refractivity contribution in [2.75, 3.05) is 0 Å². The van der Waals surface area contributed by atoms with Crippen LogP contribution in [-0.2, 0) is 23.1 Å². The zero-order valence-corrected chi connectivity index (χ0v) is 13.8. The van der Waals surface area contributed by atoms with Crippen molar-refractivity contribution in [2.24, 2.45) is 0 Å². The van der Waals surface area contributed by atoms with Crippen molar-refractivity contribution < 1.29 is 14.5 Å². The Morgan fingerprint density at radius 2 is 1.78 bits per heavy atom. The second-order valence-electron chi connectivity index (χ2n) is 6.55. The maximum Gasteiger partial charge on any atom is 0.492 e. The molecule has 0 spiro atoms. The van der Waals surface area contributed by atoms with Gasteiger partial charge in [0.1, 0.15) is 0 Å². The number of hydrogen-bond donors (Lipinski definition) is 1. The van der Waals surface area contributed by atoms with Crippen LogP contribution in [0, 0.1) is 0 Å². The van der Waals surface area contributed by atoms with Gasteiger partial charge in [0.25, 0.3) is 0 Å². The Hall–Kier alpha value is -1.91. The number of ketones is 1. The molecule has 118 valence electrons. The first-order chi connectivity index (χ1) is 10.9. The Bertz CT molecular complexity index is 735. The van der Waals surface area contributed by atoms with Gasteiger partial charge in [-0.05, 0) is 42.4 Å². The van der Waals surface area contributed by atoms with Crippen LogP contribution in [0.15, 0.2) is 42.5 Å². The lowest BCUT2D eigenvalue weighted by Gasteiger charge is -2.19. The maximum atomic E-state index is 12.4. The summed E-state index contributed by atoms with van der Waals surface area (Å²) in [5.74, 6) is 0.0836. The van der Waals surface area contributed by atoms with Crippen LogP contribution < -0.4 is 5.46 Å². The highest BCUT2D eigenvalue weighted by Gasteiger charge is 2.40. The van der Waals surface area contributed by atoms with Crippen LogP contribution in [0.1, 0.15) is 47.8 Å². The summed E-state index contributed by atoms with van der Waals surface area (Å²) in [6.07, 6.45) is 1.29. The topological polar surface area (TPSA) is 46.5 Å². The highest BCUT2D eigenvalue weighted by atomic mass is 16.5. The zero-order valence-electron chi connectivity index (χ0n) is 13.8. The van der Waals surface area contributed by atoms with Crippen molar-refractivity contribution in [2.45, 2.75) is 39.2 Å². The molecule has 2 aromatic carbocycles. The Morgan fingerprint density at radius 3 is 2.43 bits per heavy atom. The molecular weight excluding hydrogens is 287 g/mol. The summed E-state index contributed by atoms with van der Waals surface area (Å²) in [4.78, 5) is 12.4. The molecule has 0 radical (unpaired) electrons.